The molecule has 3 aromatic rings. The second-order valence-electron chi connectivity index (χ2n) is 7.62. The van der Waals surface area contributed by atoms with Gasteiger partial charge in [0.2, 0.25) is 0 Å². The van der Waals surface area contributed by atoms with E-state index in [-0.39, 0.29) is 29.3 Å². The number of hydrogen-bond acceptors (Lipinski definition) is 6. The summed E-state index contributed by atoms with van der Waals surface area (Å²) in [5.74, 6) is -1.76. The maximum absolute atomic E-state index is 13.2. The van der Waals surface area contributed by atoms with E-state index in [0.29, 0.717) is 11.1 Å². The van der Waals surface area contributed by atoms with E-state index in [2.05, 4.69) is 0 Å². The molecule has 2 heterocycles. The fourth-order valence-corrected chi connectivity index (χ4v) is 5.42. The molecule has 1 aliphatic heterocycles. The third-order valence-corrected chi connectivity index (χ3v) is 7.07. The van der Waals surface area contributed by atoms with Crippen LogP contribution in [0.25, 0.3) is 6.08 Å². The first-order chi connectivity index (χ1) is 15.7. The number of hydrogen-bond donors (Lipinski definition) is 2. The zero-order chi connectivity index (χ0) is 23.8. The SMILES string of the molecule is Cn1c2c(c(=O)n(Cc3ccccc3)c1=O)C=C(C(=O)OCc1ccc(F)cc1)CS2(O)O. The van der Waals surface area contributed by atoms with Crippen molar-refractivity contribution in [3.05, 3.63) is 104 Å². The minimum atomic E-state index is -3.66. The molecule has 0 atom stereocenters. The molecule has 4 rings (SSSR count). The Balaban J connectivity index is 1.71. The molecule has 0 spiro atoms. The van der Waals surface area contributed by atoms with Gasteiger partial charge in [-0.05, 0) is 29.3 Å². The van der Waals surface area contributed by atoms with Crippen molar-refractivity contribution in [2.24, 2.45) is 7.05 Å². The van der Waals surface area contributed by atoms with Crippen molar-refractivity contribution in [2.45, 2.75) is 18.2 Å². The number of ether oxygens (including phenoxy) is 1. The molecule has 33 heavy (non-hydrogen) atoms. The van der Waals surface area contributed by atoms with Crippen molar-refractivity contribution >= 4 is 22.6 Å². The largest absolute Gasteiger partial charge is 0.457 e. The van der Waals surface area contributed by atoms with E-state index in [1.165, 1.54) is 37.4 Å². The van der Waals surface area contributed by atoms with Crippen molar-refractivity contribution in [1.82, 2.24) is 9.13 Å². The summed E-state index contributed by atoms with van der Waals surface area (Å²) in [4.78, 5) is 38.6. The number of rotatable bonds is 5. The quantitative estimate of drug-likeness (QED) is 0.436. The first kappa shape index (κ1) is 22.7. The van der Waals surface area contributed by atoms with Crippen LogP contribution >= 0.6 is 10.6 Å². The van der Waals surface area contributed by atoms with Gasteiger partial charge in [0.25, 0.3) is 5.56 Å². The van der Waals surface area contributed by atoms with Crippen LogP contribution in [0.15, 0.2) is 74.8 Å². The second-order valence-corrected chi connectivity index (χ2v) is 9.63. The number of aromatic nitrogens is 2. The average Bonchev–Trinajstić information content (AvgIpc) is 2.79. The smallest absolute Gasteiger partial charge is 0.335 e. The molecule has 2 N–H and O–H groups in total. The molecular weight excluding hydrogens is 451 g/mol. The third-order valence-electron chi connectivity index (χ3n) is 5.24. The normalized spacial score (nSPS) is 15.3. The van der Waals surface area contributed by atoms with Crippen LogP contribution in [0.4, 0.5) is 4.39 Å². The number of nitrogens with zero attached hydrogens (tertiary/aromatic N) is 2. The number of carbonyl (C=O) groups excluding carboxylic acids is 1. The van der Waals surface area contributed by atoms with E-state index in [0.717, 1.165) is 9.13 Å². The van der Waals surface area contributed by atoms with Gasteiger partial charge in [-0.2, -0.15) is 0 Å². The average molecular weight is 472 g/mol. The van der Waals surface area contributed by atoms with Gasteiger partial charge < -0.3 is 4.74 Å². The van der Waals surface area contributed by atoms with E-state index in [9.17, 15) is 27.9 Å². The predicted octanol–water partition coefficient (Wildman–Crippen LogP) is 2.98. The maximum atomic E-state index is 13.2. The summed E-state index contributed by atoms with van der Waals surface area (Å²) < 4.78 is 41.7. The fraction of sp³-hybridized carbons (Fsp3) is 0.174. The maximum Gasteiger partial charge on any atom is 0.335 e. The van der Waals surface area contributed by atoms with Gasteiger partial charge in [0.1, 0.15) is 17.5 Å². The number of halogens is 1. The highest BCUT2D eigenvalue weighted by molar-refractivity contribution is 8.24. The van der Waals surface area contributed by atoms with Crippen LogP contribution < -0.4 is 11.2 Å². The lowest BCUT2D eigenvalue weighted by atomic mass is 10.2. The van der Waals surface area contributed by atoms with Gasteiger partial charge in [-0.1, -0.05) is 42.5 Å². The van der Waals surface area contributed by atoms with Crippen LogP contribution in [0.3, 0.4) is 0 Å². The minimum absolute atomic E-state index is 0.0169. The molecule has 0 amide bonds. The van der Waals surface area contributed by atoms with E-state index in [1.54, 1.807) is 30.3 Å². The molecular formula is C23H21FN2O6S. The van der Waals surface area contributed by atoms with Crippen molar-refractivity contribution in [3.8, 4) is 0 Å². The Morgan fingerprint density at radius 3 is 2.39 bits per heavy atom. The highest BCUT2D eigenvalue weighted by Gasteiger charge is 2.34. The van der Waals surface area contributed by atoms with E-state index >= 15 is 0 Å². The van der Waals surface area contributed by atoms with Crippen molar-refractivity contribution in [2.75, 3.05) is 5.75 Å². The van der Waals surface area contributed by atoms with Crippen LogP contribution in [0.2, 0.25) is 0 Å². The van der Waals surface area contributed by atoms with Gasteiger partial charge in [0, 0.05) is 7.05 Å². The molecule has 8 nitrogen and oxygen atoms in total. The Bertz CT molecular complexity index is 1360. The Labute approximate surface area is 189 Å². The molecule has 1 aromatic heterocycles. The molecule has 0 radical (unpaired) electrons. The number of fused-ring (bicyclic) bond motifs is 1. The minimum Gasteiger partial charge on any atom is -0.457 e. The molecule has 1 aliphatic rings. The molecule has 0 fully saturated rings. The van der Waals surface area contributed by atoms with Crippen LogP contribution in [-0.2, 0) is 29.7 Å². The molecule has 2 aromatic carbocycles. The van der Waals surface area contributed by atoms with Crippen LogP contribution in [0, 0.1) is 5.82 Å². The number of carbonyl (C=O) groups is 1. The summed E-state index contributed by atoms with van der Waals surface area (Å²) in [6.45, 7) is -0.176. The van der Waals surface area contributed by atoms with Gasteiger partial charge in [0.15, 0.2) is 0 Å². The lowest BCUT2D eigenvalue weighted by Crippen LogP contribution is -2.43. The Morgan fingerprint density at radius 1 is 1.06 bits per heavy atom. The predicted molar refractivity (Wildman–Crippen MR) is 122 cm³/mol. The van der Waals surface area contributed by atoms with Crippen LogP contribution in [0.5, 0.6) is 0 Å². The molecule has 10 heteroatoms. The monoisotopic (exact) mass is 472 g/mol. The summed E-state index contributed by atoms with van der Waals surface area (Å²) in [6, 6.07) is 14.2. The highest BCUT2D eigenvalue weighted by Crippen LogP contribution is 2.52. The third kappa shape index (κ3) is 4.54. The standard InChI is InChI=1S/C23H21FN2O6S/c1-25-21-19(20(27)26(23(25)29)12-15-5-3-2-4-6-15)11-17(14-33(21,30)31)22(28)32-13-16-7-9-18(24)10-8-16/h2-11,30-31H,12-14H2,1H3. The molecule has 0 aliphatic carbocycles. The molecule has 0 unspecified atom stereocenters. The summed E-state index contributed by atoms with van der Waals surface area (Å²) >= 11 is 0. The van der Waals surface area contributed by atoms with Gasteiger partial charge >= 0.3 is 11.7 Å². The summed E-state index contributed by atoms with van der Waals surface area (Å²) in [5, 5.41) is -0.211. The molecule has 0 bridgehead atoms. The molecule has 0 saturated carbocycles. The Kier molecular flexibility index (Phi) is 6.07. The summed E-state index contributed by atoms with van der Waals surface area (Å²) in [6.07, 6.45) is 1.24. The summed E-state index contributed by atoms with van der Waals surface area (Å²) in [5.41, 5.74) is -0.429. The lowest BCUT2D eigenvalue weighted by Gasteiger charge is -2.37. The van der Waals surface area contributed by atoms with Gasteiger partial charge in [-0.25, -0.2) is 14.0 Å². The van der Waals surface area contributed by atoms with E-state index < -0.39 is 39.4 Å². The zero-order valence-electron chi connectivity index (χ0n) is 17.6. The van der Waals surface area contributed by atoms with Crippen LogP contribution in [0.1, 0.15) is 16.7 Å². The van der Waals surface area contributed by atoms with Gasteiger partial charge in [-0.15, -0.1) is 10.6 Å². The Hall–Kier alpha value is -3.47. The van der Waals surface area contributed by atoms with Crippen LogP contribution in [-0.4, -0.2) is 30.0 Å². The van der Waals surface area contributed by atoms with Gasteiger partial charge in [-0.3, -0.25) is 23.0 Å². The van der Waals surface area contributed by atoms with E-state index in [1.807, 2.05) is 0 Å². The second kappa shape index (κ2) is 8.81. The number of benzene rings is 2. The van der Waals surface area contributed by atoms with Crippen molar-refractivity contribution < 1.29 is 23.0 Å². The Morgan fingerprint density at radius 2 is 1.73 bits per heavy atom. The topological polar surface area (TPSA) is 111 Å². The summed E-state index contributed by atoms with van der Waals surface area (Å²) in [7, 11) is -2.31. The van der Waals surface area contributed by atoms with Gasteiger partial charge in [0.05, 0.1) is 23.4 Å². The zero-order valence-corrected chi connectivity index (χ0v) is 18.4. The van der Waals surface area contributed by atoms with Crippen molar-refractivity contribution in [3.63, 3.8) is 0 Å². The molecule has 0 saturated heterocycles. The van der Waals surface area contributed by atoms with E-state index in [4.69, 9.17) is 4.74 Å². The highest BCUT2D eigenvalue weighted by atomic mass is 32.3. The first-order valence-corrected chi connectivity index (χ1v) is 11.6. The number of esters is 1. The lowest BCUT2D eigenvalue weighted by molar-refractivity contribution is -0.140. The fourth-order valence-electron chi connectivity index (χ4n) is 3.64. The molecule has 172 valence electrons. The first-order valence-electron chi connectivity index (χ1n) is 9.93. The van der Waals surface area contributed by atoms with Crippen molar-refractivity contribution in [1.29, 1.82) is 0 Å².